The van der Waals surface area contributed by atoms with Gasteiger partial charge in [0.2, 0.25) is 0 Å². The van der Waals surface area contributed by atoms with Crippen molar-refractivity contribution in [1.82, 2.24) is 12.2 Å². The van der Waals surface area contributed by atoms with E-state index in [0.29, 0.717) is 0 Å². The van der Waals surface area contributed by atoms with Crippen molar-refractivity contribution in [2.75, 3.05) is 0 Å². The van der Waals surface area contributed by atoms with E-state index in [1.807, 2.05) is 0 Å². The molecule has 0 radical (unpaired) electrons. The van der Waals surface area contributed by atoms with E-state index in [1.54, 1.807) is 0 Å². The first-order valence-electron chi connectivity index (χ1n) is 3.29. The molecule has 0 heterocycles. The van der Waals surface area contributed by atoms with Gasteiger partial charge in [-0.05, 0) is 0 Å². The fourth-order valence-corrected chi connectivity index (χ4v) is 5.65. The topological polar surface area (TPSA) is 114 Å². The zero-order chi connectivity index (χ0) is 10.4. The molecule has 0 amide bonds. The summed E-state index contributed by atoms with van der Waals surface area (Å²) in [6.07, 6.45) is 0. The van der Waals surface area contributed by atoms with Gasteiger partial charge in [0.25, 0.3) is 0 Å². The van der Waals surface area contributed by atoms with Crippen LogP contribution < -0.4 is 29.4 Å². The average Bonchev–Trinajstić information content (AvgIpc) is 1.80. The first kappa shape index (κ1) is 12.7. The van der Waals surface area contributed by atoms with Crippen molar-refractivity contribution >= 4 is 52.0 Å². The van der Waals surface area contributed by atoms with Crippen LogP contribution in [-0.4, -0.2) is 15.3 Å². The minimum atomic E-state index is -2.64. The molecular weight excluding hydrogens is 282 g/mol. The quantitative estimate of drug-likeness (QED) is 0.256. The van der Waals surface area contributed by atoms with Crippen molar-refractivity contribution < 1.29 is 16.7 Å². The van der Waals surface area contributed by atoms with Crippen LogP contribution in [0.15, 0.2) is 0 Å². The van der Waals surface area contributed by atoms with Crippen molar-refractivity contribution in [3.63, 3.8) is 0 Å². The fourth-order valence-electron chi connectivity index (χ4n) is 0.655. The van der Waals surface area contributed by atoms with Gasteiger partial charge in [0.05, 0.1) is 0 Å². The standard InChI is InChI=1S/3CH4N2S.Zn/c3*2-1(3)4;/h3*(H4,2,3,4);/q;;;+3/p-3. The zero-order valence-electron chi connectivity index (χ0n) is 6.66. The average molecular weight is 291 g/mol. The Balaban J connectivity index is 4.10. The molecule has 0 saturated carbocycles. The maximum atomic E-state index is 5.27. The summed E-state index contributed by atoms with van der Waals surface area (Å²) in [7, 11) is 0. The molecule has 6 nitrogen and oxygen atoms in total. The number of nitrogens with one attached hydrogen (secondary N) is 3. The van der Waals surface area contributed by atoms with Gasteiger partial charge in [0.1, 0.15) is 0 Å². The second-order valence-electron chi connectivity index (χ2n) is 2.15. The molecule has 0 aliphatic heterocycles. The molecule has 0 unspecified atom stereocenters. The van der Waals surface area contributed by atoms with E-state index in [-0.39, 0.29) is 15.3 Å². The molecule has 10 heteroatoms. The molecular formula is C3H9N6S3Zn. The summed E-state index contributed by atoms with van der Waals surface area (Å²) in [5, 5.41) is 0.479. The second kappa shape index (κ2) is 6.19. The number of hydrogen-bond acceptors (Lipinski definition) is 3. The van der Waals surface area contributed by atoms with E-state index in [2.05, 4.69) is 48.8 Å². The molecule has 0 bridgehead atoms. The summed E-state index contributed by atoms with van der Waals surface area (Å²) in [5.41, 5.74) is 15.8. The van der Waals surface area contributed by atoms with Gasteiger partial charge in [-0.15, -0.1) is 0 Å². The van der Waals surface area contributed by atoms with E-state index < -0.39 is 16.7 Å². The Hall–Kier alpha value is -0.307. The molecule has 71 valence electrons. The molecule has 0 aromatic carbocycles. The molecule has 0 aromatic heterocycles. The van der Waals surface area contributed by atoms with E-state index in [1.165, 1.54) is 0 Å². The van der Waals surface area contributed by atoms with Crippen LogP contribution in [0.4, 0.5) is 0 Å². The van der Waals surface area contributed by atoms with Crippen molar-refractivity contribution in [3.8, 4) is 0 Å². The Labute approximate surface area is 97.6 Å². The molecule has 0 aromatic rings. The summed E-state index contributed by atoms with van der Waals surface area (Å²) >= 11 is 11.3. The third-order valence-electron chi connectivity index (χ3n) is 1.05. The predicted octanol–water partition coefficient (Wildman–Crippen LogP) is -2.15. The van der Waals surface area contributed by atoms with Gasteiger partial charge in [0, 0.05) is 0 Å². The van der Waals surface area contributed by atoms with Gasteiger partial charge < -0.3 is 0 Å². The second-order valence-corrected chi connectivity index (χ2v) is 7.92. The molecule has 0 atom stereocenters. The van der Waals surface area contributed by atoms with Gasteiger partial charge in [-0.1, -0.05) is 0 Å². The first-order chi connectivity index (χ1) is 5.91. The predicted molar refractivity (Wildman–Crippen MR) is 59.8 cm³/mol. The van der Waals surface area contributed by atoms with Crippen LogP contribution in [0.5, 0.6) is 0 Å². The Morgan fingerprint density at radius 1 is 0.769 bits per heavy atom. The molecule has 0 saturated heterocycles. The van der Waals surface area contributed by atoms with Crippen LogP contribution in [0.3, 0.4) is 0 Å². The molecule has 13 heavy (non-hydrogen) atoms. The van der Waals surface area contributed by atoms with Crippen LogP contribution in [0.1, 0.15) is 0 Å². The third kappa shape index (κ3) is 8.04. The van der Waals surface area contributed by atoms with Gasteiger partial charge >= 0.3 is 98.0 Å². The Morgan fingerprint density at radius 3 is 1.15 bits per heavy atom. The van der Waals surface area contributed by atoms with E-state index in [4.69, 9.17) is 17.2 Å². The van der Waals surface area contributed by atoms with Crippen molar-refractivity contribution in [3.05, 3.63) is 0 Å². The van der Waals surface area contributed by atoms with Crippen molar-refractivity contribution in [2.45, 2.75) is 0 Å². The van der Waals surface area contributed by atoms with Gasteiger partial charge in [-0.3, -0.25) is 0 Å². The molecule has 0 aliphatic rings. The van der Waals surface area contributed by atoms with Gasteiger partial charge in [-0.2, -0.15) is 0 Å². The number of nitrogens with two attached hydrogens (primary N) is 3. The number of rotatable bonds is 3. The van der Waals surface area contributed by atoms with E-state index >= 15 is 0 Å². The Bertz CT molecular complexity index is 193. The summed E-state index contributed by atoms with van der Waals surface area (Å²) in [5.74, 6) is 0. The third-order valence-corrected chi connectivity index (χ3v) is 7.72. The molecule has 9 N–H and O–H groups in total. The Morgan fingerprint density at radius 2 is 1.00 bits per heavy atom. The summed E-state index contributed by atoms with van der Waals surface area (Å²) < 4.78 is 8.41. The zero-order valence-corrected chi connectivity index (χ0v) is 12.1. The van der Waals surface area contributed by atoms with Crippen LogP contribution in [0, 0.1) is 0 Å². The van der Waals surface area contributed by atoms with E-state index in [9.17, 15) is 0 Å². The summed E-state index contributed by atoms with van der Waals surface area (Å²) in [4.78, 5) is 0. The van der Waals surface area contributed by atoms with Crippen LogP contribution >= 0.6 is 36.7 Å². The van der Waals surface area contributed by atoms with Crippen molar-refractivity contribution in [2.24, 2.45) is 17.2 Å². The number of hydrogen-bond donors (Lipinski definition) is 6. The molecule has 0 spiro atoms. The van der Waals surface area contributed by atoms with Gasteiger partial charge in [0.15, 0.2) is 0 Å². The number of thiocarbonyl (C=S) groups is 3. The Kier molecular flexibility index (Phi) is 6.05. The normalized spacial score (nSPS) is 8.31. The van der Waals surface area contributed by atoms with Crippen LogP contribution in [0.2, 0.25) is 0 Å². The molecule has 0 rings (SSSR count). The van der Waals surface area contributed by atoms with Gasteiger partial charge in [-0.25, -0.2) is 0 Å². The SMILES string of the molecule is NC(=S)[NH][Zn]([NH]C(N)=S)[NH]C(N)=S. The molecule has 0 fully saturated rings. The summed E-state index contributed by atoms with van der Waals surface area (Å²) in [6, 6.07) is 0. The van der Waals surface area contributed by atoms with Crippen molar-refractivity contribution in [1.29, 1.82) is 0 Å². The monoisotopic (exact) mass is 289 g/mol. The first-order valence-corrected chi connectivity index (χ1v) is 8.96. The van der Waals surface area contributed by atoms with E-state index in [0.717, 1.165) is 0 Å². The van der Waals surface area contributed by atoms with Crippen LogP contribution in [0.25, 0.3) is 0 Å². The fraction of sp³-hybridized carbons (Fsp3) is 0. The maximum absolute atomic E-state index is 5.27. The summed E-state index contributed by atoms with van der Waals surface area (Å²) in [6.45, 7) is 0. The minimum absolute atomic E-state index is 0.160. The molecule has 0 aliphatic carbocycles. The van der Waals surface area contributed by atoms with Crippen LogP contribution in [-0.2, 0) is 16.7 Å².